The van der Waals surface area contributed by atoms with Gasteiger partial charge in [-0.2, -0.15) is 17.9 Å². The van der Waals surface area contributed by atoms with Gasteiger partial charge in [0.1, 0.15) is 23.1 Å². The van der Waals surface area contributed by atoms with E-state index in [0.717, 1.165) is 36.8 Å². The Kier molecular flexibility index (Phi) is 8.31. The maximum atomic E-state index is 13.2. The molecule has 1 atom stereocenters. The number of benzene rings is 1. The number of fused-ring (bicyclic) bond motifs is 1. The van der Waals surface area contributed by atoms with Crippen LogP contribution in [0.2, 0.25) is 0 Å². The number of pyridine rings is 1. The summed E-state index contributed by atoms with van der Waals surface area (Å²) < 4.78 is 67.4. The molecule has 228 valence electrons. The Bertz CT molecular complexity index is 1790. The molecule has 0 spiro atoms. The molecule has 9 nitrogen and oxygen atoms in total. The molecular formula is C29H30F3N5O4S2. The highest BCUT2D eigenvalue weighted by molar-refractivity contribution is 7.89. The number of nitrogens with zero attached hydrogens (tertiary/aromatic N) is 4. The van der Waals surface area contributed by atoms with Crippen LogP contribution in [0.25, 0.3) is 31.9 Å². The van der Waals surface area contributed by atoms with Crippen LogP contribution >= 0.6 is 11.3 Å². The number of aliphatic carboxylic acids is 1. The van der Waals surface area contributed by atoms with Gasteiger partial charge in [-0.1, -0.05) is 25.3 Å². The quantitative estimate of drug-likeness (QED) is 0.216. The first-order chi connectivity index (χ1) is 20.2. The zero-order valence-corrected chi connectivity index (χ0v) is 25.3. The fourth-order valence-corrected chi connectivity index (χ4v) is 7.41. The van der Waals surface area contributed by atoms with Gasteiger partial charge in [0, 0.05) is 35.5 Å². The van der Waals surface area contributed by atoms with Crippen molar-refractivity contribution in [2.45, 2.75) is 70.0 Å². The number of rotatable bonds is 10. The second-order valence-electron chi connectivity index (χ2n) is 11.5. The molecule has 1 fully saturated rings. The number of nitrogens with one attached hydrogen (secondary N) is 1. The minimum absolute atomic E-state index is 0.187. The van der Waals surface area contributed by atoms with Gasteiger partial charge in [0.2, 0.25) is 10.0 Å². The molecule has 0 radical (unpaired) electrons. The molecule has 0 amide bonds. The first-order valence-corrected chi connectivity index (χ1v) is 16.0. The summed E-state index contributed by atoms with van der Waals surface area (Å²) in [5, 5.41) is 10.8. The Morgan fingerprint density at radius 3 is 2.56 bits per heavy atom. The van der Waals surface area contributed by atoms with Crippen LogP contribution in [0, 0.1) is 11.3 Å². The van der Waals surface area contributed by atoms with Crippen LogP contribution in [-0.2, 0) is 27.7 Å². The smallest absolute Gasteiger partial charge is 0.404 e. The Hall–Kier alpha value is -3.49. The van der Waals surface area contributed by atoms with E-state index in [2.05, 4.69) is 15.0 Å². The Morgan fingerprint density at radius 2 is 1.91 bits per heavy atom. The predicted molar refractivity (Wildman–Crippen MR) is 156 cm³/mol. The van der Waals surface area contributed by atoms with Crippen LogP contribution < -0.4 is 4.72 Å². The number of carboxylic acid groups (broad SMARTS) is 1. The molecule has 1 saturated carbocycles. The number of sulfonamides is 1. The molecule has 0 unspecified atom stereocenters. The van der Waals surface area contributed by atoms with E-state index < -0.39 is 33.6 Å². The third kappa shape index (κ3) is 6.55. The average Bonchev–Trinajstić information content (AvgIpc) is 3.33. The highest BCUT2D eigenvalue weighted by atomic mass is 32.2. The lowest BCUT2D eigenvalue weighted by Crippen LogP contribution is -2.43. The lowest BCUT2D eigenvalue weighted by molar-refractivity contribution is -0.147. The number of halogens is 3. The van der Waals surface area contributed by atoms with Crippen LogP contribution in [0.4, 0.5) is 13.2 Å². The number of alkyl halides is 3. The summed E-state index contributed by atoms with van der Waals surface area (Å²) in [6.45, 7) is 4.00. The van der Waals surface area contributed by atoms with Crippen LogP contribution in [0.3, 0.4) is 0 Å². The third-order valence-electron chi connectivity index (χ3n) is 7.68. The fraction of sp³-hybridized carbons (Fsp3) is 0.414. The van der Waals surface area contributed by atoms with Crippen molar-refractivity contribution < 1.29 is 31.5 Å². The standard InChI is InChI=1S/C29H30F3N5O4S2/c1-16(29(30,31)32)37-43(40,41)24-8-7-20(19-9-10-33-14-21(19)24)25-22(11-17-5-4-6-17)36-26(42-25)23-12-18(34-15-35-23)13-28(2,3)27(38)39/h7-10,12,14-17,37H,4-6,11,13H2,1-3H3,(H,38,39)/t16-/m0/s1. The third-order valence-corrected chi connectivity index (χ3v) is 10.4. The van der Waals surface area contributed by atoms with Gasteiger partial charge in [0.15, 0.2) is 0 Å². The zero-order chi connectivity index (χ0) is 31.2. The van der Waals surface area contributed by atoms with Crippen molar-refractivity contribution in [3.8, 4) is 21.1 Å². The van der Waals surface area contributed by atoms with Crippen LogP contribution in [0.5, 0.6) is 0 Å². The van der Waals surface area contributed by atoms with Gasteiger partial charge in [0.05, 0.1) is 20.9 Å². The summed E-state index contributed by atoms with van der Waals surface area (Å²) in [5.41, 5.74) is 1.55. The highest BCUT2D eigenvalue weighted by Gasteiger charge is 2.39. The molecule has 0 aliphatic heterocycles. The van der Waals surface area contributed by atoms with Crippen molar-refractivity contribution in [1.29, 1.82) is 0 Å². The Labute approximate surface area is 250 Å². The predicted octanol–water partition coefficient (Wildman–Crippen LogP) is 6.04. The molecule has 0 bridgehead atoms. The Balaban J connectivity index is 1.60. The first-order valence-electron chi connectivity index (χ1n) is 13.7. The number of carboxylic acids is 1. The second-order valence-corrected chi connectivity index (χ2v) is 14.2. The van der Waals surface area contributed by atoms with Crippen LogP contribution in [0.15, 0.2) is 47.9 Å². The summed E-state index contributed by atoms with van der Waals surface area (Å²) in [4.78, 5) is 29.8. The topological polar surface area (TPSA) is 135 Å². The monoisotopic (exact) mass is 633 g/mol. The van der Waals surface area contributed by atoms with Crippen molar-refractivity contribution in [3.05, 3.63) is 54.4 Å². The molecule has 4 aromatic rings. The first kappa shape index (κ1) is 31.0. The van der Waals surface area contributed by atoms with E-state index in [9.17, 15) is 31.5 Å². The molecule has 2 N–H and O–H groups in total. The maximum absolute atomic E-state index is 13.2. The minimum Gasteiger partial charge on any atom is -0.481 e. The molecular weight excluding hydrogens is 603 g/mol. The lowest BCUT2D eigenvalue weighted by atomic mass is 9.81. The second kappa shape index (κ2) is 11.5. The van der Waals surface area contributed by atoms with Crippen molar-refractivity contribution >= 4 is 38.1 Å². The van der Waals surface area contributed by atoms with Crippen molar-refractivity contribution in [1.82, 2.24) is 24.7 Å². The van der Waals surface area contributed by atoms with Crippen molar-refractivity contribution in [2.75, 3.05) is 0 Å². The maximum Gasteiger partial charge on any atom is 0.404 e. The van der Waals surface area contributed by atoms with Crippen LogP contribution in [-0.4, -0.2) is 51.6 Å². The SMILES string of the molecule is C[C@H](NS(=O)(=O)c1ccc(-c2sc(-c3cc(CC(C)(C)C(=O)O)ncn3)nc2CC2CCC2)c2ccncc12)C(F)(F)F. The van der Waals surface area contributed by atoms with Gasteiger partial charge in [-0.15, -0.1) is 11.3 Å². The minimum atomic E-state index is -4.75. The van der Waals surface area contributed by atoms with Crippen LogP contribution in [0.1, 0.15) is 51.4 Å². The molecule has 1 aliphatic rings. The molecule has 3 heterocycles. The number of hydrogen-bond donors (Lipinski definition) is 2. The normalized spacial score (nSPS) is 15.4. The van der Waals surface area contributed by atoms with Gasteiger partial charge >= 0.3 is 12.1 Å². The number of thiazole rings is 1. The molecule has 3 aromatic heterocycles. The number of carbonyl (C=O) groups is 1. The van der Waals surface area contributed by atoms with Gasteiger partial charge in [-0.3, -0.25) is 9.78 Å². The summed E-state index contributed by atoms with van der Waals surface area (Å²) in [5.74, 6) is -0.492. The van der Waals surface area contributed by atoms with E-state index in [0.29, 0.717) is 39.7 Å². The highest BCUT2D eigenvalue weighted by Crippen LogP contribution is 2.42. The van der Waals surface area contributed by atoms with Gasteiger partial charge in [0.25, 0.3) is 0 Å². The molecule has 5 rings (SSSR count). The fourth-order valence-electron chi connectivity index (χ4n) is 4.88. The van der Waals surface area contributed by atoms with E-state index in [1.165, 1.54) is 36.1 Å². The summed E-state index contributed by atoms with van der Waals surface area (Å²) in [7, 11) is -4.54. The summed E-state index contributed by atoms with van der Waals surface area (Å²) in [6, 6.07) is 3.98. The summed E-state index contributed by atoms with van der Waals surface area (Å²) in [6.07, 6.45) is 3.63. The average molecular weight is 634 g/mol. The zero-order valence-electron chi connectivity index (χ0n) is 23.6. The van der Waals surface area contributed by atoms with E-state index >= 15 is 0 Å². The number of hydrogen-bond acceptors (Lipinski definition) is 8. The molecule has 43 heavy (non-hydrogen) atoms. The van der Waals surface area contributed by atoms with Crippen molar-refractivity contribution in [3.63, 3.8) is 0 Å². The number of aromatic nitrogens is 4. The summed E-state index contributed by atoms with van der Waals surface area (Å²) >= 11 is 1.37. The molecule has 14 heteroatoms. The largest absolute Gasteiger partial charge is 0.481 e. The van der Waals surface area contributed by atoms with E-state index in [1.807, 2.05) is 0 Å². The Morgan fingerprint density at radius 1 is 1.16 bits per heavy atom. The van der Waals surface area contributed by atoms with Crippen molar-refractivity contribution in [2.24, 2.45) is 11.3 Å². The van der Waals surface area contributed by atoms with E-state index in [4.69, 9.17) is 4.98 Å². The molecule has 0 saturated heterocycles. The van der Waals surface area contributed by atoms with E-state index in [-0.39, 0.29) is 16.7 Å². The lowest BCUT2D eigenvalue weighted by Gasteiger charge is -2.24. The van der Waals surface area contributed by atoms with E-state index in [1.54, 1.807) is 36.8 Å². The molecule has 1 aromatic carbocycles. The van der Waals surface area contributed by atoms with Gasteiger partial charge in [-0.25, -0.2) is 23.4 Å². The van der Waals surface area contributed by atoms with Gasteiger partial charge < -0.3 is 5.11 Å². The van der Waals surface area contributed by atoms with Gasteiger partial charge in [-0.05, 0) is 56.7 Å². The molecule has 1 aliphatic carbocycles.